The fraction of sp³-hybridized carbons (Fsp3) is 0.350. The zero-order chi connectivity index (χ0) is 18.1. The van der Waals surface area contributed by atoms with Crippen molar-refractivity contribution in [3.8, 4) is 5.82 Å². The number of methoxy groups -OCH3 is 1. The lowest BCUT2D eigenvalue weighted by Crippen LogP contribution is -2.30. The van der Waals surface area contributed by atoms with Crippen molar-refractivity contribution in [3.05, 3.63) is 65.1 Å². The molecule has 6 heteroatoms. The van der Waals surface area contributed by atoms with Crippen LogP contribution < -0.4 is 4.90 Å². The normalized spacial score (nSPS) is 17.0. The molecule has 26 heavy (non-hydrogen) atoms. The number of fused-ring (bicyclic) bond motifs is 1. The lowest BCUT2D eigenvalue weighted by atomic mass is 10.0. The van der Waals surface area contributed by atoms with Crippen LogP contribution in [0.5, 0.6) is 0 Å². The van der Waals surface area contributed by atoms with Crippen LogP contribution in [0.4, 0.5) is 5.95 Å². The van der Waals surface area contributed by atoms with Gasteiger partial charge in [0.1, 0.15) is 0 Å². The van der Waals surface area contributed by atoms with Crippen molar-refractivity contribution >= 4 is 5.95 Å². The van der Waals surface area contributed by atoms with Crippen molar-refractivity contribution in [1.29, 1.82) is 0 Å². The first-order chi connectivity index (χ1) is 12.7. The molecule has 1 unspecified atom stereocenters. The van der Waals surface area contributed by atoms with Gasteiger partial charge in [-0.2, -0.15) is 10.1 Å². The number of hydrogen-bond donors (Lipinski definition) is 0. The molecule has 0 radical (unpaired) electrons. The smallest absolute Gasteiger partial charge is 0.227 e. The third-order valence-corrected chi connectivity index (χ3v) is 4.86. The average Bonchev–Trinajstić information content (AvgIpc) is 2.89. The minimum Gasteiger partial charge on any atom is -0.375 e. The number of aryl methyl sites for hydroxylation is 2. The van der Waals surface area contributed by atoms with Gasteiger partial charge in [-0.05, 0) is 37.5 Å². The second kappa shape index (κ2) is 6.88. The summed E-state index contributed by atoms with van der Waals surface area (Å²) >= 11 is 0. The predicted octanol–water partition coefficient (Wildman–Crippen LogP) is 3.03. The number of rotatable bonds is 3. The van der Waals surface area contributed by atoms with Crippen molar-refractivity contribution < 1.29 is 4.74 Å². The highest BCUT2D eigenvalue weighted by molar-refractivity contribution is 5.40. The molecule has 1 aliphatic heterocycles. The highest BCUT2D eigenvalue weighted by atomic mass is 16.5. The van der Waals surface area contributed by atoms with E-state index in [9.17, 15) is 0 Å². The molecule has 134 valence electrons. The van der Waals surface area contributed by atoms with E-state index in [1.165, 1.54) is 11.1 Å². The summed E-state index contributed by atoms with van der Waals surface area (Å²) in [5.74, 6) is 1.50. The first-order valence-corrected chi connectivity index (χ1v) is 8.88. The van der Waals surface area contributed by atoms with Gasteiger partial charge in [-0.25, -0.2) is 9.67 Å². The van der Waals surface area contributed by atoms with E-state index in [2.05, 4.69) is 39.2 Å². The SMILES string of the molecule is COC1CN(c2nccc(-n3nc(C)cc3C)n2)CCc2ccccc21. The highest BCUT2D eigenvalue weighted by Crippen LogP contribution is 2.27. The molecule has 1 aliphatic rings. The zero-order valence-corrected chi connectivity index (χ0v) is 15.4. The summed E-state index contributed by atoms with van der Waals surface area (Å²) in [6.45, 7) is 5.61. The van der Waals surface area contributed by atoms with Gasteiger partial charge in [0, 0.05) is 31.6 Å². The Kier molecular flexibility index (Phi) is 4.42. The van der Waals surface area contributed by atoms with Gasteiger partial charge < -0.3 is 9.64 Å². The zero-order valence-electron chi connectivity index (χ0n) is 15.4. The van der Waals surface area contributed by atoms with Gasteiger partial charge >= 0.3 is 0 Å². The molecule has 6 nitrogen and oxygen atoms in total. The van der Waals surface area contributed by atoms with E-state index in [1.54, 1.807) is 13.3 Å². The van der Waals surface area contributed by atoms with Crippen LogP contribution in [-0.2, 0) is 11.2 Å². The Morgan fingerprint density at radius 1 is 1.15 bits per heavy atom. The Hall–Kier alpha value is -2.73. The van der Waals surface area contributed by atoms with Crippen LogP contribution >= 0.6 is 0 Å². The molecule has 3 aromatic rings. The third-order valence-electron chi connectivity index (χ3n) is 4.86. The Labute approximate surface area is 153 Å². The van der Waals surface area contributed by atoms with Gasteiger partial charge in [-0.3, -0.25) is 0 Å². The summed E-state index contributed by atoms with van der Waals surface area (Å²) in [6, 6.07) is 12.4. The van der Waals surface area contributed by atoms with E-state index < -0.39 is 0 Å². The fourth-order valence-electron chi connectivity index (χ4n) is 3.57. The monoisotopic (exact) mass is 349 g/mol. The molecule has 3 heterocycles. The number of hydrogen-bond acceptors (Lipinski definition) is 5. The quantitative estimate of drug-likeness (QED) is 0.727. The molecule has 1 aromatic carbocycles. The number of anilines is 1. The van der Waals surface area contributed by atoms with Crippen molar-refractivity contribution in [2.24, 2.45) is 0 Å². The average molecular weight is 349 g/mol. The van der Waals surface area contributed by atoms with Crippen molar-refractivity contribution in [2.45, 2.75) is 26.4 Å². The van der Waals surface area contributed by atoms with Crippen LogP contribution in [0.2, 0.25) is 0 Å². The van der Waals surface area contributed by atoms with Crippen LogP contribution in [0.3, 0.4) is 0 Å². The molecule has 0 N–H and O–H groups in total. The second-order valence-electron chi connectivity index (χ2n) is 6.67. The van der Waals surface area contributed by atoms with Crippen LogP contribution in [0.15, 0.2) is 42.6 Å². The van der Waals surface area contributed by atoms with Crippen LogP contribution in [0.25, 0.3) is 5.82 Å². The predicted molar refractivity (Wildman–Crippen MR) is 101 cm³/mol. The Bertz CT molecular complexity index is 920. The Balaban J connectivity index is 1.66. The lowest BCUT2D eigenvalue weighted by molar-refractivity contribution is 0.109. The Morgan fingerprint density at radius 2 is 2.00 bits per heavy atom. The Morgan fingerprint density at radius 3 is 2.77 bits per heavy atom. The summed E-state index contributed by atoms with van der Waals surface area (Å²) < 4.78 is 7.63. The van der Waals surface area contributed by atoms with Crippen LogP contribution in [0.1, 0.15) is 28.6 Å². The summed E-state index contributed by atoms with van der Waals surface area (Å²) in [7, 11) is 1.76. The minimum atomic E-state index is 0.00893. The molecule has 4 rings (SSSR count). The van der Waals surface area contributed by atoms with E-state index in [0.29, 0.717) is 5.95 Å². The van der Waals surface area contributed by atoms with Gasteiger partial charge in [0.2, 0.25) is 5.95 Å². The standard InChI is InChI=1S/C20H23N5O/c1-14-12-15(2)25(23-14)19-8-10-21-20(22-19)24-11-9-16-6-4-5-7-17(16)18(13-24)26-3/h4-8,10,12,18H,9,11,13H2,1-3H3. The maximum atomic E-state index is 5.77. The van der Waals surface area contributed by atoms with Crippen LogP contribution in [-0.4, -0.2) is 39.9 Å². The first-order valence-electron chi connectivity index (χ1n) is 8.88. The molecular weight excluding hydrogens is 326 g/mol. The highest BCUT2D eigenvalue weighted by Gasteiger charge is 2.24. The second-order valence-corrected chi connectivity index (χ2v) is 6.67. The van der Waals surface area contributed by atoms with Gasteiger partial charge in [0.15, 0.2) is 5.82 Å². The number of nitrogens with zero attached hydrogens (tertiary/aromatic N) is 5. The van der Waals surface area contributed by atoms with E-state index in [1.807, 2.05) is 30.7 Å². The van der Waals surface area contributed by atoms with E-state index in [0.717, 1.165) is 36.7 Å². The molecule has 0 fully saturated rings. The molecule has 0 spiro atoms. The molecule has 2 aromatic heterocycles. The van der Waals surface area contributed by atoms with Crippen molar-refractivity contribution in [1.82, 2.24) is 19.7 Å². The fourth-order valence-corrected chi connectivity index (χ4v) is 3.57. The van der Waals surface area contributed by atoms with Crippen molar-refractivity contribution in [3.63, 3.8) is 0 Å². The van der Waals surface area contributed by atoms with Crippen molar-refractivity contribution in [2.75, 3.05) is 25.1 Å². The van der Waals surface area contributed by atoms with E-state index in [-0.39, 0.29) is 6.10 Å². The number of benzene rings is 1. The summed E-state index contributed by atoms with van der Waals surface area (Å²) in [5, 5.41) is 4.53. The van der Waals surface area contributed by atoms with Gasteiger partial charge in [-0.1, -0.05) is 24.3 Å². The molecule has 0 saturated carbocycles. The maximum absolute atomic E-state index is 5.77. The largest absolute Gasteiger partial charge is 0.375 e. The molecule has 0 amide bonds. The topological polar surface area (TPSA) is 56.1 Å². The lowest BCUT2D eigenvalue weighted by Gasteiger charge is -2.24. The summed E-state index contributed by atoms with van der Waals surface area (Å²) in [6.07, 6.45) is 2.76. The van der Waals surface area contributed by atoms with E-state index >= 15 is 0 Å². The third kappa shape index (κ3) is 3.08. The van der Waals surface area contributed by atoms with Gasteiger partial charge in [0.25, 0.3) is 0 Å². The summed E-state index contributed by atoms with van der Waals surface area (Å²) in [4.78, 5) is 11.5. The first kappa shape index (κ1) is 16.7. The summed E-state index contributed by atoms with van der Waals surface area (Å²) in [5.41, 5.74) is 4.63. The number of ether oxygens (including phenoxy) is 1. The maximum Gasteiger partial charge on any atom is 0.227 e. The van der Waals surface area contributed by atoms with E-state index in [4.69, 9.17) is 9.72 Å². The van der Waals surface area contributed by atoms with Gasteiger partial charge in [0.05, 0.1) is 18.3 Å². The molecule has 0 aliphatic carbocycles. The molecule has 1 atom stereocenters. The molecular formula is C20H23N5O. The number of aromatic nitrogens is 4. The molecule has 0 saturated heterocycles. The molecule has 0 bridgehead atoms. The van der Waals surface area contributed by atoms with Crippen LogP contribution in [0, 0.1) is 13.8 Å². The van der Waals surface area contributed by atoms with Gasteiger partial charge in [-0.15, -0.1) is 0 Å². The minimum absolute atomic E-state index is 0.00893.